The maximum atomic E-state index is 13.3. The first kappa shape index (κ1) is 19.9. The van der Waals surface area contributed by atoms with Crippen LogP contribution >= 0.6 is 11.8 Å². The van der Waals surface area contributed by atoms with Gasteiger partial charge in [-0.2, -0.15) is 4.68 Å². The summed E-state index contributed by atoms with van der Waals surface area (Å²) in [5.41, 5.74) is 3.60. The van der Waals surface area contributed by atoms with Crippen LogP contribution in [0.5, 0.6) is 5.75 Å². The molecule has 5 rings (SSSR count). The number of nitrogens with zero attached hydrogens (tertiary/aromatic N) is 4. The molecule has 3 aliphatic heterocycles. The Hall–Kier alpha value is -3.06. The van der Waals surface area contributed by atoms with Gasteiger partial charge in [-0.1, -0.05) is 48.5 Å². The number of rotatable bonds is 5. The second kappa shape index (κ2) is 8.59. The van der Waals surface area contributed by atoms with Crippen molar-refractivity contribution in [1.82, 2.24) is 19.3 Å². The first-order chi connectivity index (χ1) is 15.2. The number of para-hydroxylation sites is 1. The number of fused-ring (bicyclic) bond motifs is 3. The largest absolute Gasteiger partial charge is 0.497 e. The zero-order chi connectivity index (χ0) is 21.2. The van der Waals surface area contributed by atoms with Gasteiger partial charge in [-0.15, -0.1) is 5.10 Å². The second-order valence-electron chi connectivity index (χ2n) is 7.69. The average Bonchev–Trinajstić information content (AvgIpc) is 2.98. The zero-order valence-corrected chi connectivity index (χ0v) is 18.3. The first-order valence-corrected chi connectivity index (χ1v) is 11.6. The van der Waals surface area contributed by atoms with Crippen LogP contribution < -0.4 is 10.3 Å². The van der Waals surface area contributed by atoms with Crippen molar-refractivity contribution < 1.29 is 4.74 Å². The van der Waals surface area contributed by atoms with Gasteiger partial charge in [0.1, 0.15) is 11.3 Å². The van der Waals surface area contributed by atoms with Crippen molar-refractivity contribution in [2.45, 2.75) is 43.1 Å². The van der Waals surface area contributed by atoms with Crippen molar-refractivity contribution in [2.75, 3.05) is 7.11 Å². The van der Waals surface area contributed by atoms with E-state index in [4.69, 9.17) is 9.72 Å². The maximum absolute atomic E-state index is 13.3. The highest BCUT2D eigenvalue weighted by molar-refractivity contribution is 7.98. The molecule has 0 saturated carbocycles. The minimum absolute atomic E-state index is 0.0799. The first-order valence-electron chi connectivity index (χ1n) is 10.6. The molecule has 0 amide bonds. The molecule has 0 N–H and O–H groups in total. The zero-order valence-electron chi connectivity index (χ0n) is 17.5. The summed E-state index contributed by atoms with van der Waals surface area (Å²) in [6.45, 7) is 0.884. The molecule has 0 radical (unpaired) electrons. The van der Waals surface area contributed by atoms with Gasteiger partial charge in [0.25, 0.3) is 5.56 Å². The van der Waals surface area contributed by atoms with Crippen LogP contribution in [0.2, 0.25) is 0 Å². The van der Waals surface area contributed by atoms with Gasteiger partial charge in [0.2, 0.25) is 0 Å². The molecule has 0 fully saturated rings. The monoisotopic (exact) mass is 432 g/mol. The highest BCUT2D eigenvalue weighted by Crippen LogP contribution is 2.32. The molecule has 2 aromatic rings. The van der Waals surface area contributed by atoms with Gasteiger partial charge in [-0.3, -0.25) is 4.79 Å². The number of hydrogen-bond acceptors (Lipinski definition) is 5. The van der Waals surface area contributed by atoms with Crippen molar-refractivity contribution in [3.05, 3.63) is 76.2 Å². The molecule has 7 heteroatoms. The van der Waals surface area contributed by atoms with E-state index in [0.29, 0.717) is 11.4 Å². The molecule has 0 aliphatic carbocycles. The Labute approximate surface area is 185 Å². The van der Waals surface area contributed by atoms with Crippen LogP contribution in [-0.2, 0) is 18.7 Å². The van der Waals surface area contributed by atoms with Crippen LogP contribution in [0, 0.1) is 0 Å². The van der Waals surface area contributed by atoms with E-state index in [2.05, 4.69) is 21.8 Å². The van der Waals surface area contributed by atoms with Crippen LogP contribution in [0.4, 0.5) is 0 Å². The Morgan fingerprint density at radius 2 is 1.94 bits per heavy atom. The summed E-state index contributed by atoms with van der Waals surface area (Å²) in [4.78, 5) is 18.2. The molecule has 0 unspecified atom stereocenters. The lowest BCUT2D eigenvalue weighted by Crippen LogP contribution is -2.19. The summed E-state index contributed by atoms with van der Waals surface area (Å²) < 4.78 is 9.09. The number of methoxy groups -OCH3 is 1. The van der Waals surface area contributed by atoms with Gasteiger partial charge in [-0.25, -0.2) is 4.98 Å². The lowest BCUT2D eigenvalue weighted by atomic mass is 10.1. The number of benzene rings is 2. The molecule has 3 heterocycles. The molecule has 0 atom stereocenters. The van der Waals surface area contributed by atoms with E-state index in [1.54, 1.807) is 18.9 Å². The topological polar surface area (TPSA) is 61.9 Å². The smallest absolute Gasteiger partial charge is 0.284 e. The molecule has 0 spiro atoms. The van der Waals surface area contributed by atoms with Crippen molar-refractivity contribution in [3.8, 4) is 22.8 Å². The summed E-state index contributed by atoms with van der Waals surface area (Å²) in [5.74, 6) is 2.17. The fraction of sp³-hybridized carbons (Fsp3) is 0.292. The summed E-state index contributed by atoms with van der Waals surface area (Å²) in [6, 6.07) is 17.7. The number of thioether (sulfide) groups is 1. The number of hydrogen-bond donors (Lipinski definition) is 0. The van der Waals surface area contributed by atoms with Gasteiger partial charge in [-0.05, 0) is 49.1 Å². The summed E-state index contributed by atoms with van der Waals surface area (Å²) in [7, 11) is 1.68. The molecule has 2 aromatic carbocycles. The third-order valence-corrected chi connectivity index (χ3v) is 6.72. The lowest BCUT2D eigenvalue weighted by Gasteiger charge is -2.17. The van der Waals surface area contributed by atoms with Crippen molar-refractivity contribution in [1.29, 1.82) is 0 Å². The molecule has 158 valence electrons. The number of aromatic nitrogens is 4. The standard InChI is InChI=1S/C24H24N4O2S/c1-30-19-12-8-9-17(15-19)16-31-24-25-22-21(20-13-6-3-7-14-27(20)24)23(29)28(26-22)18-10-4-2-5-11-18/h2,4-5,8-12,15H,3,6-7,13-14,16H2,1H3. The molecule has 0 aromatic heterocycles. The molecule has 6 nitrogen and oxygen atoms in total. The third-order valence-electron chi connectivity index (χ3n) is 5.67. The van der Waals surface area contributed by atoms with E-state index in [9.17, 15) is 4.79 Å². The van der Waals surface area contributed by atoms with E-state index in [0.717, 1.165) is 60.3 Å². The Kier molecular flexibility index (Phi) is 5.51. The van der Waals surface area contributed by atoms with Crippen LogP contribution in [0.25, 0.3) is 17.1 Å². The van der Waals surface area contributed by atoms with Gasteiger partial charge >= 0.3 is 0 Å². The Balaban J connectivity index is 1.59. The average molecular weight is 433 g/mol. The Morgan fingerprint density at radius 3 is 2.77 bits per heavy atom. The molecule has 0 bridgehead atoms. The van der Waals surface area contributed by atoms with E-state index in [1.807, 2.05) is 42.5 Å². The highest BCUT2D eigenvalue weighted by Gasteiger charge is 2.27. The van der Waals surface area contributed by atoms with E-state index < -0.39 is 0 Å². The highest BCUT2D eigenvalue weighted by atomic mass is 32.2. The summed E-state index contributed by atoms with van der Waals surface area (Å²) in [6.07, 6.45) is 4.21. The minimum Gasteiger partial charge on any atom is -0.497 e. The van der Waals surface area contributed by atoms with Crippen LogP contribution in [0.15, 0.2) is 64.5 Å². The Morgan fingerprint density at radius 1 is 1.06 bits per heavy atom. The summed E-state index contributed by atoms with van der Waals surface area (Å²) >= 11 is 1.69. The van der Waals surface area contributed by atoms with Gasteiger partial charge in [0, 0.05) is 18.0 Å². The van der Waals surface area contributed by atoms with E-state index in [1.165, 1.54) is 10.2 Å². The molecule has 0 saturated heterocycles. The molecular formula is C24H24N4O2S. The number of ether oxygens (including phenoxy) is 1. The minimum atomic E-state index is -0.0799. The van der Waals surface area contributed by atoms with E-state index in [-0.39, 0.29) is 5.56 Å². The maximum Gasteiger partial charge on any atom is 0.284 e. The summed E-state index contributed by atoms with van der Waals surface area (Å²) in [5, 5.41) is 5.53. The predicted molar refractivity (Wildman–Crippen MR) is 122 cm³/mol. The molecule has 3 aliphatic rings. The van der Waals surface area contributed by atoms with Crippen LogP contribution in [0.3, 0.4) is 0 Å². The molecule has 31 heavy (non-hydrogen) atoms. The quantitative estimate of drug-likeness (QED) is 0.342. The lowest BCUT2D eigenvalue weighted by molar-refractivity contribution is 0.414. The fourth-order valence-corrected chi connectivity index (χ4v) is 5.10. The van der Waals surface area contributed by atoms with Crippen molar-refractivity contribution in [3.63, 3.8) is 0 Å². The van der Waals surface area contributed by atoms with Gasteiger partial charge in [0.05, 0.1) is 12.8 Å². The van der Waals surface area contributed by atoms with Crippen molar-refractivity contribution >= 4 is 11.8 Å². The van der Waals surface area contributed by atoms with Gasteiger partial charge < -0.3 is 9.30 Å². The van der Waals surface area contributed by atoms with Crippen molar-refractivity contribution in [2.24, 2.45) is 0 Å². The normalized spacial score (nSPS) is 13.7. The van der Waals surface area contributed by atoms with Crippen LogP contribution in [0.1, 0.15) is 30.5 Å². The Bertz CT molecular complexity index is 1230. The SMILES string of the molecule is COc1cccc(CSc2nc3nn(-c4ccccc4)c(=O)c-3c3n2CCCCC3)c1. The van der Waals surface area contributed by atoms with Gasteiger partial charge in [0.15, 0.2) is 11.0 Å². The molecular weight excluding hydrogens is 408 g/mol. The fourth-order valence-electron chi connectivity index (χ4n) is 4.12. The second-order valence-corrected chi connectivity index (χ2v) is 8.64. The van der Waals surface area contributed by atoms with E-state index >= 15 is 0 Å². The third kappa shape index (κ3) is 3.85. The predicted octanol–water partition coefficient (Wildman–Crippen LogP) is 4.56. The van der Waals surface area contributed by atoms with Crippen LogP contribution in [-0.4, -0.2) is 26.4 Å².